The van der Waals surface area contributed by atoms with Crippen molar-refractivity contribution < 1.29 is 9.47 Å². The zero-order chi connectivity index (χ0) is 14.7. The minimum Gasteiger partial charge on any atom is -0.493 e. The van der Waals surface area contributed by atoms with Crippen LogP contribution in [0.25, 0.3) is 0 Å². The largest absolute Gasteiger partial charge is 0.493 e. The molecule has 0 spiro atoms. The van der Waals surface area contributed by atoms with Crippen LogP contribution in [0, 0.1) is 12.8 Å². The average Bonchev–Trinajstić information content (AvgIpc) is 2.53. The SMILES string of the molecule is COc1cccc2c1OCC(CNc1ccc(C)nn1)C2. The summed E-state index contributed by atoms with van der Waals surface area (Å²) in [5.74, 6) is 2.90. The number of nitrogens with zero attached hydrogens (tertiary/aromatic N) is 2. The predicted molar refractivity (Wildman–Crippen MR) is 80.9 cm³/mol. The molecule has 3 rings (SSSR count). The van der Waals surface area contributed by atoms with Crippen LogP contribution in [0.3, 0.4) is 0 Å². The molecule has 1 N–H and O–H groups in total. The Kier molecular flexibility index (Phi) is 3.90. The lowest BCUT2D eigenvalue weighted by Gasteiger charge is -2.26. The van der Waals surface area contributed by atoms with Crippen LogP contribution in [0.1, 0.15) is 11.3 Å². The highest BCUT2D eigenvalue weighted by Gasteiger charge is 2.22. The van der Waals surface area contributed by atoms with Crippen LogP contribution in [0.5, 0.6) is 11.5 Å². The summed E-state index contributed by atoms with van der Waals surface area (Å²) < 4.78 is 11.2. The standard InChI is InChI=1S/C16H19N3O2/c1-11-6-7-15(19-18-11)17-9-12-8-13-4-3-5-14(20-2)16(13)21-10-12/h3-7,12H,8-10H2,1-2H3,(H,17,19). The summed E-state index contributed by atoms with van der Waals surface area (Å²) >= 11 is 0. The first-order valence-electron chi connectivity index (χ1n) is 7.09. The maximum atomic E-state index is 5.86. The Morgan fingerprint density at radius 2 is 2.19 bits per heavy atom. The van der Waals surface area contributed by atoms with E-state index < -0.39 is 0 Å². The third kappa shape index (κ3) is 3.07. The summed E-state index contributed by atoms with van der Waals surface area (Å²) in [6.07, 6.45) is 0.971. The molecule has 0 amide bonds. The molecule has 21 heavy (non-hydrogen) atoms. The topological polar surface area (TPSA) is 56.3 Å². The van der Waals surface area contributed by atoms with Crippen LogP contribution in [0.4, 0.5) is 5.82 Å². The number of aromatic nitrogens is 2. The van der Waals surface area contributed by atoms with Gasteiger partial charge in [-0.15, -0.1) is 5.10 Å². The second kappa shape index (κ2) is 5.99. The van der Waals surface area contributed by atoms with E-state index in [0.717, 1.165) is 36.0 Å². The molecule has 110 valence electrons. The van der Waals surface area contributed by atoms with Crippen LogP contribution < -0.4 is 14.8 Å². The average molecular weight is 285 g/mol. The fourth-order valence-electron chi connectivity index (χ4n) is 2.49. The van der Waals surface area contributed by atoms with E-state index in [1.807, 2.05) is 31.2 Å². The normalized spacial score (nSPS) is 16.8. The van der Waals surface area contributed by atoms with Crippen LogP contribution >= 0.6 is 0 Å². The molecule has 1 aliphatic heterocycles. The van der Waals surface area contributed by atoms with Crippen molar-refractivity contribution in [2.24, 2.45) is 5.92 Å². The van der Waals surface area contributed by atoms with Gasteiger partial charge in [0.2, 0.25) is 0 Å². The van der Waals surface area contributed by atoms with Crippen molar-refractivity contribution in [2.45, 2.75) is 13.3 Å². The molecule has 1 unspecified atom stereocenters. The number of hydrogen-bond acceptors (Lipinski definition) is 5. The van der Waals surface area contributed by atoms with Gasteiger partial charge in [0.05, 0.1) is 19.4 Å². The van der Waals surface area contributed by atoms with Gasteiger partial charge in [0.25, 0.3) is 0 Å². The van der Waals surface area contributed by atoms with Gasteiger partial charge in [-0.3, -0.25) is 0 Å². The van der Waals surface area contributed by atoms with Crippen LogP contribution in [-0.4, -0.2) is 30.5 Å². The molecule has 0 aliphatic carbocycles. The number of para-hydroxylation sites is 1. The Bertz CT molecular complexity index is 613. The lowest BCUT2D eigenvalue weighted by atomic mass is 9.96. The van der Waals surface area contributed by atoms with Crippen molar-refractivity contribution >= 4 is 5.82 Å². The van der Waals surface area contributed by atoms with E-state index >= 15 is 0 Å². The van der Waals surface area contributed by atoms with Crippen molar-refractivity contribution in [3.8, 4) is 11.5 Å². The Labute approximate surface area is 124 Å². The van der Waals surface area contributed by atoms with Gasteiger partial charge >= 0.3 is 0 Å². The van der Waals surface area contributed by atoms with Gasteiger partial charge in [0, 0.05) is 12.5 Å². The fourth-order valence-corrected chi connectivity index (χ4v) is 2.49. The number of aryl methyl sites for hydroxylation is 1. The van der Waals surface area contributed by atoms with E-state index in [4.69, 9.17) is 9.47 Å². The molecule has 1 aromatic heterocycles. The second-order valence-corrected chi connectivity index (χ2v) is 5.27. The molecule has 2 heterocycles. The summed E-state index contributed by atoms with van der Waals surface area (Å²) in [4.78, 5) is 0. The number of ether oxygens (including phenoxy) is 2. The fraction of sp³-hybridized carbons (Fsp3) is 0.375. The smallest absolute Gasteiger partial charge is 0.164 e. The molecule has 0 bridgehead atoms. The van der Waals surface area contributed by atoms with E-state index in [1.165, 1.54) is 5.56 Å². The Morgan fingerprint density at radius 3 is 2.95 bits per heavy atom. The Hall–Kier alpha value is -2.30. The number of methoxy groups -OCH3 is 1. The van der Waals surface area contributed by atoms with Gasteiger partial charge in [-0.05, 0) is 37.1 Å². The zero-order valence-corrected chi connectivity index (χ0v) is 12.3. The van der Waals surface area contributed by atoms with Gasteiger partial charge < -0.3 is 14.8 Å². The summed E-state index contributed by atoms with van der Waals surface area (Å²) in [7, 11) is 1.67. The molecular formula is C16H19N3O2. The van der Waals surface area contributed by atoms with Gasteiger partial charge in [-0.2, -0.15) is 5.10 Å². The molecule has 5 nitrogen and oxygen atoms in total. The summed E-state index contributed by atoms with van der Waals surface area (Å²) in [5.41, 5.74) is 2.12. The molecule has 0 radical (unpaired) electrons. The number of fused-ring (bicyclic) bond motifs is 1. The molecule has 0 saturated heterocycles. The number of nitrogens with one attached hydrogen (secondary N) is 1. The van der Waals surface area contributed by atoms with Gasteiger partial charge in [0.1, 0.15) is 5.82 Å². The molecule has 1 atom stereocenters. The third-order valence-electron chi connectivity index (χ3n) is 3.62. The van der Waals surface area contributed by atoms with Gasteiger partial charge in [0.15, 0.2) is 11.5 Å². The quantitative estimate of drug-likeness (QED) is 0.935. The highest BCUT2D eigenvalue weighted by atomic mass is 16.5. The van der Waals surface area contributed by atoms with E-state index in [0.29, 0.717) is 12.5 Å². The van der Waals surface area contributed by atoms with Gasteiger partial charge in [-0.25, -0.2) is 0 Å². The number of anilines is 1. The maximum absolute atomic E-state index is 5.86. The summed E-state index contributed by atoms with van der Waals surface area (Å²) in [6, 6.07) is 9.92. The number of benzene rings is 1. The minimum atomic E-state index is 0.410. The minimum absolute atomic E-state index is 0.410. The van der Waals surface area contributed by atoms with E-state index in [-0.39, 0.29) is 0 Å². The molecule has 1 aliphatic rings. The first-order chi connectivity index (χ1) is 10.3. The second-order valence-electron chi connectivity index (χ2n) is 5.27. The molecule has 1 aromatic carbocycles. The third-order valence-corrected chi connectivity index (χ3v) is 3.62. The highest BCUT2D eigenvalue weighted by Crippen LogP contribution is 2.35. The maximum Gasteiger partial charge on any atom is 0.164 e. The summed E-state index contributed by atoms with van der Waals surface area (Å²) in [5, 5.41) is 11.5. The molecule has 5 heteroatoms. The Balaban J connectivity index is 1.63. The van der Waals surface area contributed by atoms with E-state index in [2.05, 4.69) is 21.6 Å². The lowest BCUT2D eigenvalue weighted by Crippen LogP contribution is -2.27. The molecule has 0 fully saturated rings. The van der Waals surface area contributed by atoms with Crippen molar-refractivity contribution in [2.75, 3.05) is 25.6 Å². The van der Waals surface area contributed by atoms with E-state index in [9.17, 15) is 0 Å². The number of rotatable bonds is 4. The predicted octanol–water partition coefficient (Wildman–Crippen LogP) is 2.46. The van der Waals surface area contributed by atoms with Crippen molar-refractivity contribution in [1.29, 1.82) is 0 Å². The van der Waals surface area contributed by atoms with E-state index in [1.54, 1.807) is 7.11 Å². The first kappa shape index (κ1) is 13.7. The molecule has 0 saturated carbocycles. The first-order valence-corrected chi connectivity index (χ1v) is 7.09. The molecule has 2 aromatic rings. The van der Waals surface area contributed by atoms with Crippen molar-refractivity contribution in [1.82, 2.24) is 10.2 Å². The Morgan fingerprint density at radius 1 is 1.29 bits per heavy atom. The number of hydrogen-bond donors (Lipinski definition) is 1. The highest BCUT2D eigenvalue weighted by molar-refractivity contribution is 5.48. The van der Waals surface area contributed by atoms with Crippen LogP contribution in [0.15, 0.2) is 30.3 Å². The summed E-state index contributed by atoms with van der Waals surface area (Å²) in [6.45, 7) is 3.42. The van der Waals surface area contributed by atoms with Crippen molar-refractivity contribution in [3.05, 3.63) is 41.6 Å². The lowest BCUT2D eigenvalue weighted by molar-refractivity contribution is 0.218. The van der Waals surface area contributed by atoms with Gasteiger partial charge in [-0.1, -0.05) is 12.1 Å². The monoisotopic (exact) mass is 285 g/mol. The molecular weight excluding hydrogens is 266 g/mol. The van der Waals surface area contributed by atoms with Crippen LogP contribution in [-0.2, 0) is 6.42 Å². The zero-order valence-electron chi connectivity index (χ0n) is 12.3. The van der Waals surface area contributed by atoms with Crippen LogP contribution in [0.2, 0.25) is 0 Å². The van der Waals surface area contributed by atoms with Crippen molar-refractivity contribution in [3.63, 3.8) is 0 Å².